The number of benzene rings is 3. The molecule has 1 aromatic heterocycles. The second kappa shape index (κ2) is 6.59. The van der Waals surface area contributed by atoms with E-state index in [1.807, 2.05) is 13.1 Å². The summed E-state index contributed by atoms with van der Waals surface area (Å²) in [5, 5.41) is 4.85. The van der Waals surface area contributed by atoms with Crippen molar-refractivity contribution >= 4 is 53.4 Å². The minimum absolute atomic E-state index is 0. The van der Waals surface area contributed by atoms with Gasteiger partial charge < -0.3 is 9.14 Å². The molecule has 0 aliphatic heterocycles. The van der Waals surface area contributed by atoms with Crippen LogP contribution in [0.5, 0.6) is 0 Å². The number of aryl methyl sites for hydroxylation is 1. The number of para-hydroxylation sites is 1. The van der Waals surface area contributed by atoms with Crippen LogP contribution in [0, 0.1) is 6.07 Å². The van der Waals surface area contributed by atoms with Gasteiger partial charge in [0, 0.05) is 65.8 Å². The predicted molar refractivity (Wildman–Crippen MR) is 94.4 cm³/mol. The van der Waals surface area contributed by atoms with Crippen LogP contribution in [0.25, 0.3) is 32.6 Å². The zero-order chi connectivity index (χ0) is 14.6. The Labute approximate surface area is 163 Å². The van der Waals surface area contributed by atoms with E-state index in [4.69, 9.17) is 6.72 Å². The molecule has 0 unspecified atom stereocenters. The summed E-state index contributed by atoms with van der Waals surface area (Å²) >= 11 is 0. The first-order valence-corrected chi connectivity index (χ1v) is 6.97. The number of nitrogens with zero attached hydrogens (tertiary/aromatic N) is 2. The minimum Gasteiger partial charge on any atom is -0.390 e. The Bertz CT molecular complexity index is 1030. The monoisotopic (exact) mass is 371 g/mol. The summed E-state index contributed by atoms with van der Waals surface area (Å²) in [5.74, 6) is 0. The van der Waals surface area contributed by atoms with Gasteiger partial charge in [0.25, 0.3) is 0 Å². The van der Waals surface area contributed by atoms with Crippen LogP contribution in [0.3, 0.4) is 0 Å². The molecule has 0 saturated heterocycles. The zero-order valence-electron chi connectivity index (χ0n) is 13.2. The molecule has 0 spiro atoms. The third-order valence-corrected chi connectivity index (χ3v) is 4.17. The van der Waals surface area contributed by atoms with E-state index in [0.717, 1.165) is 11.1 Å². The Morgan fingerprint density at radius 2 is 1.78 bits per heavy atom. The van der Waals surface area contributed by atoms with Gasteiger partial charge >= 0.3 is 0 Å². The standard InChI is InChI=1S/C19H15N2.B.Y/c1-20(2)17-10-6-7-13-11-12-15-14-8-4-5-9-16(14)21(3)19(15)18(13)17;;/h1,4-9,11-12H,2-3H3;;/q-1;;. The molecule has 0 atom stereocenters. The van der Waals surface area contributed by atoms with Crippen molar-refractivity contribution in [3.05, 3.63) is 54.6 Å². The second-order valence-electron chi connectivity index (χ2n) is 5.44. The van der Waals surface area contributed by atoms with Gasteiger partial charge in [0.05, 0.1) is 0 Å². The van der Waals surface area contributed by atoms with Gasteiger partial charge in [-0.25, -0.2) is 6.07 Å². The van der Waals surface area contributed by atoms with E-state index in [-0.39, 0.29) is 41.1 Å². The van der Waals surface area contributed by atoms with Gasteiger partial charge in [-0.05, 0) is 22.7 Å². The van der Waals surface area contributed by atoms with Crippen LogP contribution in [0.1, 0.15) is 0 Å². The first-order valence-electron chi connectivity index (χ1n) is 6.97. The normalized spacial score (nSPS) is 10.5. The van der Waals surface area contributed by atoms with Crippen molar-refractivity contribution in [3.63, 3.8) is 0 Å². The molecule has 3 aromatic carbocycles. The van der Waals surface area contributed by atoms with Gasteiger partial charge in [-0.3, -0.25) is 0 Å². The topological polar surface area (TPSA) is 7.94 Å². The molecular weight excluding hydrogens is 356 g/mol. The molecule has 4 rings (SSSR count). The Morgan fingerprint density at radius 3 is 2.52 bits per heavy atom. The molecule has 1 heterocycles. The molecule has 0 N–H and O–H groups in total. The summed E-state index contributed by atoms with van der Waals surface area (Å²) in [5.41, 5.74) is 3.36. The van der Waals surface area contributed by atoms with E-state index in [0.29, 0.717) is 0 Å². The molecule has 4 radical (unpaired) electrons. The van der Waals surface area contributed by atoms with Gasteiger partial charge in [0.1, 0.15) is 7.05 Å². The van der Waals surface area contributed by atoms with E-state index >= 15 is 0 Å². The van der Waals surface area contributed by atoms with Gasteiger partial charge in [0.2, 0.25) is 0 Å². The first-order chi connectivity index (χ1) is 10.2. The maximum Gasteiger partial charge on any atom is 0.103 e. The summed E-state index contributed by atoms with van der Waals surface area (Å²) in [7, 11) is 3.96. The fourth-order valence-corrected chi connectivity index (χ4v) is 3.24. The molecule has 0 bridgehead atoms. The van der Waals surface area contributed by atoms with Crippen molar-refractivity contribution in [3.8, 4) is 0 Å². The van der Waals surface area contributed by atoms with Gasteiger partial charge in [-0.15, -0.1) is 10.8 Å². The van der Waals surface area contributed by atoms with E-state index in [1.54, 1.807) is 4.58 Å². The molecule has 23 heavy (non-hydrogen) atoms. The molecular formula is C19H15BN2Y-. The minimum atomic E-state index is 0. The smallest absolute Gasteiger partial charge is 0.103 e. The molecule has 0 amide bonds. The molecule has 108 valence electrons. The van der Waals surface area contributed by atoms with Crippen LogP contribution in [-0.2, 0) is 39.8 Å². The fourth-order valence-electron chi connectivity index (χ4n) is 3.24. The van der Waals surface area contributed by atoms with Crippen LogP contribution in [0.4, 0.5) is 5.69 Å². The van der Waals surface area contributed by atoms with Crippen molar-refractivity contribution in [1.29, 1.82) is 0 Å². The third kappa shape index (κ3) is 2.56. The summed E-state index contributed by atoms with van der Waals surface area (Å²) < 4.78 is 3.88. The Morgan fingerprint density at radius 1 is 1.04 bits per heavy atom. The summed E-state index contributed by atoms with van der Waals surface area (Å²) in [4.78, 5) is 0. The van der Waals surface area contributed by atoms with Crippen LogP contribution in [-0.4, -0.2) is 31.3 Å². The summed E-state index contributed by atoms with van der Waals surface area (Å²) in [6.45, 7) is 6.01. The molecule has 4 heteroatoms. The van der Waals surface area contributed by atoms with E-state index in [1.165, 1.54) is 27.2 Å². The number of fused-ring (bicyclic) bond motifs is 5. The van der Waals surface area contributed by atoms with Crippen LogP contribution in [0.2, 0.25) is 0 Å². The fraction of sp³-hybridized carbons (Fsp3) is 0.105. The molecule has 0 aliphatic rings. The number of hydrogen-bond donors (Lipinski definition) is 0. The van der Waals surface area contributed by atoms with E-state index in [2.05, 4.69) is 60.1 Å². The van der Waals surface area contributed by atoms with Crippen molar-refractivity contribution in [2.75, 3.05) is 7.05 Å². The first kappa shape index (κ1) is 17.9. The quantitative estimate of drug-likeness (QED) is 0.209. The molecule has 4 aromatic rings. The predicted octanol–water partition coefficient (Wildman–Crippen LogP) is 3.75. The molecule has 2 nitrogen and oxygen atoms in total. The SMILES string of the molecule is [B].[CH-]=[N+](C)c1[c-]ccc2ccc3c4ccccc4n(C)c3c12.[Y]. The Balaban J connectivity index is 0.000000960. The van der Waals surface area contributed by atoms with Crippen LogP contribution in [0.15, 0.2) is 48.5 Å². The molecule has 0 aliphatic carbocycles. The van der Waals surface area contributed by atoms with Gasteiger partial charge in [0.15, 0.2) is 0 Å². The van der Waals surface area contributed by atoms with Crippen molar-refractivity contribution in [2.45, 2.75) is 0 Å². The molecule has 0 fully saturated rings. The molecule has 0 saturated carbocycles. The average molecular weight is 371 g/mol. The van der Waals surface area contributed by atoms with Crippen molar-refractivity contribution < 1.29 is 37.3 Å². The van der Waals surface area contributed by atoms with Crippen LogP contribution >= 0.6 is 0 Å². The largest absolute Gasteiger partial charge is 0.390 e. The Hall–Kier alpha value is -1.44. The van der Waals surface area contributed by atoms with E-state index in [9.17, 15) is 0 Å². The average Bonchev–Trinajstić information content (AvgIpc) is 2.80. The zero-order valence-corrected chi connectivity index (χ0v) is 16.1. The summed E-state index contributed by atoms with van der Waals surface area (Å²) in [6.07, 6.45) is 0. The maximum absolute atomic E-state index is 6.01. The maximum atomic E-state index is 6.01. The number of rotatable bonds is 1. The van der Waals surface area contributed by atoms with Crippen LogP contribution < -0.4 is 0 Å². The number of aromatic nitrogens is 1. The summed E-state index contributed by atoms with van der Waals surface area (Å²) in [6, 6.07) is 20.1. The second-order valence-corrected chi connectivity index (χ2v) is 5.44. The van der Waals surface area contributed by atoms with Gasteiger partial charge in [-0.2, -0.15) is 12.1 Å². The van der Waals surface area contributed by atoms with Crippen molar-refractivity contribution in [1.82, 2.24) is 4.57 Å². The Kier molecular flexibility index (Phi) is 5.13. The third-order valence-electron chi connectivity index (χ3n) is 4.17. The van der Waals surface area contributed by atoms with Gasteiger partial charge in [-0.1, -0.05) is 30.3 Å². The van der Waals surface area contributed by atoms with E-state index < -0.39 is 0 Å². The number of hydrogen-bond acceptors (Lipinski definition) is 0. The van der Waals surface area contributed by atoms with Crippen molar-refractivity contribution in [2.24, 2.45) is 7.05 Å².